The molecular formula is C9H6BrClN2. The fourth-order valence-corrected chi connectivity index (χ4v) is 1.97. The molecule has 1 aromatic heterocycles. The first-order chi connectivity index (χ1) is 6.20. The lowest BCUT2D eigenvalue weighted by atomic mass is 10.2. The number of nitrogens with zero attached hydrogens (tertiary/aromatic N) is 1. The third-order valence-corrected chi connectivity index (χ3v) is 2.79. The number of anilines is 1. The van der Waals surface area contributed by atoms with Gasteiger partial charge in [0.1, 0.15) is 0 Å². The summed E-state index contributed by atoms with van der Waals surface area (Å²) in [5.41, 5.74) is 7.21. The molecule has 13 heavy (non-hydrogen) atoms. The van der Waals surface area contributed by atoms with Gasteiger partial charge in [0.25, 0.3) is 0 Å². The lowest BCUT2D eigenvalue weighted by Gasteiger charge is -2.04. The fourth-order valence-electron chi connectivity index (χ4n) is 1.22. The molecule has 0 aliphatic carbocycles. The van der Waals surface area contributed by atoms with Crippen molar-refractivity contribution in [3.63, 3.8) is 0 Å². The molecule has 4 heteroatoms. The van der Waals surface area contributed by atoms with Gasteiger partial charge >= 0.3 is 0 Å². The summed E-state index contributed by atoms with van der Waals surface area (Å²) in [5, 5.41) is 1.49. The van der Waals surface area contributed by atoms with Crippen molar-refractivity contribution in [3.8, 4) is 0 Å². The maximum absolute atomic E-state index is 5.96. The second-order valence-electron chi connectivity index (χ2n) is 2.65. The molecule has 0 unspecified atom stereocenters. The Bertz CT molecular complexity index is 462. The topological polar surface area (TPSA) is 38.9 Å². The molecule has 2 aromatic rings. The van der Waals surface area contributed by atoms with Gasteiger partial charge in [-0.05, 0) is 18.2 Å². The van der Waals surface area contributed by atoms with E-state index < -0.39 is 0 Å². The van der Waals surface area contributed by atoms with Gasteiger partial charge in [0.15, 0.2) is 0 Å². The number of hydrogen-bond acceptors (Lipinski definition) is 2. The number of benzene rings is 1. The van der Waals surface area contributed by atoms with Crippen LogP contribution in [0.25, 0.3) is 10.9 Å². The van der Waals surface area contributed by atoms with Crippen molar-refractivity contribution in [1.29, 1.82) is 0 Å². The molecule has 0 aliphatic rings. The van der Waals surface area contributed by atoms with Crippen LogP contribution in [0.2, 0.25) is 5.02 Å². The lowest BCUT2D eigenvalue weighted by Crippen LogP contribution is -1.89. The van der Waals surface area contributed by atoms with Crippen molar-refractivity contribution < 1.29 is 0 Å². The Morgan fingerprint density at radius 1 is 1.31 bits per heavy atom. The van der Waals surface area contributed by atoms with Gasteiger partial charge in [-0.25, -0.2) is 0 Å². The lowest BCUT2D eigenvalue weighted by molar-refractivity contribution is 1.41. The molecule has 1 aromatic carbocycles. The molecule has 2 N–H and O–H groups in total. The van der Waals surface area contributed by atoms with Crippen molar-refractivity contribution in [2.45, 2.75) is 0 Å². The molecule has 1 heterocycles. The summed E-state index contributed by atoms with van der Waals surface area (Å²) < 4.78 is 0.914. The Balaban J connectivity index is 3.00. The number of aromatic nitrogens is 1. The minimum absolute atomic E-state index is 0.616. The van der Waals surface area contributed by atoms with Gasteiger partial charge < -0.3 is 5.73 Å². The Labute approximate surface area is 88.8 Å². The molecule has 0 atom stereocenters. The molecule has 0 fully saturated rings. The summed E-state index contributed by atoms with van der Waals surface area (Å²) in [7, 11) is 0. The summed E-state index contributed by atoms with van der Waals surface area (Å²) in [4.78, 5) is 4.16. The molecular weight excluding hydrogens is 251 g/mol. The normalized spacial score (nSPS) is 10.6. The third kappa shape index (κ3) is 1.38. The van der Waals surface area contributed by atoms with Crippen LogP contribution in [-0.2, 0) is 0 Å². The smallest absolute Gasteiger partial charge is 0.0920 e. The minimum atomic E-state index is 0.616. The summed E-state index contributed by atoms with van der Waals surface area (Å²) in [6, 6.07) is 5.41. The quantitative estimate of drug-likeness (QED) is 0.787. The van der Waals surface area contributed by atoms with Gasteiger partial charge in [-0.15, -0.1) is 0 Å². The largest absolute Gasteiger partial charge is 0.398 e. The highest BCUT2D eigenvalue weighted by Crippen LogP contribution is 2.31. The van der Waals surface area contributed by atoms with Crippen LogP contribution in [0.4, 0.5) is 5.69 Å². The van der Waals surface area contributed by atoms with Crippen LogP contribution in [0.1, 0.15) is 0 Å². The molecule has 0 aliphatic heterocycles. The first-order valence-electron chi connectivity index (χ1n) is 3.68. The number of nitrogens with two attached hydrogens (primary N) is 1. The molecule has 2 nitrogen and oxygen atoms in total. The van der Waals surface area contributed by atoms with Crippen LogP contribution in [0.5, 0.6) is 0 Å². The standard InChI is InChI=1S/C9H6BrClN2/c10-5-1-2-6(11)9-8(5)7(12)3-4-13-9/h1-4H,(H2,12,13). The van der Waals surface area contributed by atoms with E-state index >= 15 is 0 Å². The maximum atomic E-state index is 5.96. The Hall–Kier alpha value is -0.800. The number of fused-ring (bicyclic) bond motifs is 1. The molecule has 0 bridgehead atoms. The number of hydrogen-bond donors (Lipinski definition) is 1. The highest BCUT2D eigenvalue weighted by molar-refractivity contribution is 9.10. The van der Waals surface area contributed by atoms with E-state index in [4.69, 9.17) is 17.3 Å². The van der Waals surface area contributed by atoms with Gasteiger partial charge in [0.2, 0.25) is 0 Å². The van der Waals surface area contributed by atoms with Crippen LogP contribution in [0, 0.1) is 0 Å². The maximum Gasteiger partial charge on any atom is 0.0920 e. The van der Waals surface area contributed by atoms with Crippen molar-refractivity contribution in [3.05, 3.63) is 33.9 Å². The monoisotopic (exact) mass is 256 g/mol. The first-order valence-corrected chi connectivity index (χ1v) is 4.85. The van der Waals surface area contributed by atoms with Crippen molar-refractivity contribution in [2.24, 2.45) is 0 Å². The predicted octanol–water partition coefficient (Wildman–Crippen LogP) is 3.23. The van der Waals surface area contributed by atoms with E-state index in [1.807, 2.05) is 6.07 Å². The third-order valence-electron chi connectivity index (χ3n) is 1.82. The molecule has 66 valence electrons. The van der Waals surface area contributed by atoms with Gasteiger partial charge in [-0.3, -0.25) is 4.98 Å². The molecule has 2 rings (SSSR count). The Kier molecular flexibility index (Phi) is 2.14. The van der Waals surface area contributed by atoms with Gasteiger partial charge in [-0.2, -0.15) is 0 Å². The second-order valence-corrected chi connectivity index (χ2v) is 3.91. The van der Waals surface area contributed by atoms with E-state index in [1.165, 1.54) is 0 Å². The van der Waals surface area contributed by atoms with E-state index in [-0.39, 0.29) is 0 Å². The summed E-state index contributed by atoms with van der Waals surface area (Å²) >= 11 is 9.37. The molecule has 0 amide bonds. The van der Waals surface area contributed by atoms with Crippen molar-refractivity contribution >= 4 is 44.1 Å². The molecule has 0 spiro atoms. The fraction of sp³-hybridized carbons (Fsp3) is 0. The van der Waals surface area contributed by atoms with Crippen molar-refractivity contribution in [1.82, 2.24) is 4.98 Å². The van der Waals surface area contributed by atoms with Crippen LogP contribution < -0.4 is 5.73 Å². The second kappa shape index (κ2) is 3.16. The van der Waals surface area contributed by atoms with Crippen LogP contribution in [-0.4, -0.2) is 4.98 Å². The van der Waals surface area contributed by atoms with Crippen molar-refractivity contribution in [2.75, 3.05) is 5.73 Å². The molecule has 0 saturated heterocycles. The average Bonchev–Trinajstić information content (AvgIpc) is 2.12. The zero-order chi connectivity index (χ0) is 9.42. The number of rotatable bonds is 0. The number of nitrogen functional groups attached to an aromatic ring is 1. The first kappa shape index (κ1) is 8.78. The predicted molar refractivity (Wildman–Crippen MR) is 58.9 cm³/mol. The zero-order valence-electron chi connectivity index (χ0n) is 6.59. The minimum Gasteiger partial charge on any atom is -0.398 e. The van der Waals surface area contributed by atoms with Gasteiger partial charge in [0, 0.05) is 21.7 Å². The number of pyridine rings is 1. The molecule has 0 radical (unpaired) electrons. The van der Waals surface area contributed by atoms with Crippen LogP contribution in [0.15, 0.2) is 28.9 Å². The summed E-state index contributed by atoms with van der Waals surface area (Å²) in [6.07, 6.45) is 1.65. The highest BCUT2D eigenvalue weighted by atomic mass is 79.9. The Morgan fingerprint density at radius 2 is 2.08 bits per heavy atom. The van der Waals surface area contributed by atoms with E-state index in [0.29, 0.717) is 10.7 Å². The number of halogens is 2. The zero-order valence-corrected chi connectivity index (χ0v) is 8.93. The van der Waals surface area contributed by atoms with Crippen LogP contribution >= 0.6 is 27.5 Å². The summed E-state index contributed by atoms with van der Waals surface area (Å²) in [5.74, 6) is 0. The average molecular weight is 258 g/mol. The van der Waals surface area contributed by atoms with Gasteiger partial charge in [-0.1, -0.05) is 27.5 Å². The van der Waals surface area contributed by atoms with Crippen LogP contribution in [0.3, 0.4) is 0 Å². The Morgan fingerprint density at radius 3 is 2.77 bits per heavy atom. The summed E-state index contributed by atoms with van der Waals surface area (Å²) in [6.45, 7) is 0. The van der Waals surface area contributed by atoms with E-state index in [0.717, 1.165) is 15.4 Å². The highest BCUT2D eigenvalue weighted by Gasteiger charge is 2.06. The van der Waals surface area contributed by atoms with E-state index in [9.17, 15) is 0 Å². The van der Waals surface area contributed by atoms with Gasteiger partial charge in [0.05, 0.1) is 10.5 Å². The molecule has 0 saturated carbocycles. The van der Waals surface area contributed by atoms with E-state index in [1.54, 1.807) is 18.3 Å². The van der Waals surface area contributed by atoms with E-state index in [2.05, 4.69) is 20.9 Å². The SMILES string of the molecule is Nc1ccnc2c(Cl)ccc(Br)c12.